The minimum atomic E-state index is -1.14. The lowest BCUT2D eigenvalue weighted by atomic mass is 10.2. The predicted molar refractivity (Wildman–Crippen MR) is 74.2 cm³/mol. The summed E-state index contributed by atoms with van der Waals surface area (Å²) in [5.41, 5.74) is -0.145. The Morgan fingerprint density at radius 2 is 1.57 bits per heavy atom. The van der Waals surface area contributed by atoms with Crippen molar-refractivity contribution in [3.63, 3.8) is 0 Å². The molecule has 108 valence electrons. The molecule has 0 radical (unpaired) electrons. The minimum absolute atomic E-state index is 0.146. The first-order valence-electron chi connectivity index (χ1n) is 5.84. The largest absolute Gasteiger partial charge is 0.350 e. The third kappa shape index (κ3) is 3.11. The molecule has 1 N–H and O–H groups in total. The van der Waals surface area contributed by atoms with Gasteiger partial charge in [-0.25, -0.2) is 0 Å². The molecule has 0 aliphatic heterocycles. The van der Waals surface area contributed by atoms with Gasteiger partial charge in [-0.1, -0.05) is 17.7 Å². The van der Waals surface area contributed by atoms with Crippen molar-refractivity contribution in [2.45, 2.75) is 6.92 Å². The average molecular weight is 291 g/mol. The van der Waals surface area contributed by atoms with Gasteiger partial charge in [0.25, 0.3) is 5.69 Å². The zero-order chi connectivity index (χ0) is 15.6. The van der Waals surface area contributed by atoms with Crippen LogP contribution in [0.4, 0.5) is 27.1 Å². The molecule has 0 fully saturated rings. The second-order valence-electron chi connectivity index (χ2n) is 4.33. The van der Waals surface area contributed by atoms with Crippen LogP contribution in [0.25, 0.3) is 0 Å². The van der Waals surface area contributed by atoms with Crippen molar-refractivity contribution in [2.75, 3.05) is 5.32 Å². The smallest absolute Gasteiger partial charge is 0.311 e. The summed E-state index contributed by atoms with van der Waals surface area (Å²) >= 11 is 0. The molecule has 0 aliphatic rings. The van der Waals surface area contributed by atoms with Crippen LogP contribution in [0.2, 0.25) is 0 Å². The fraction of sp³-hybridized carbons (Fsp3) is 0.0769. The van der Waals surface area contributed by atoms with Gasteiger partial charge in [0, 0.05) is 11.8 Å². The van der Waals surface area contributed by atoms with Crippen molar-refractivity contribution in [3.8, 4) is 0 Å². The molecule has 0 aromatic heterocycles. The van der Waals surface area contributed by atoms with Crippen molar-refractivity contribution in [1.29, 1.82) is 0 Å². The molecule has 2 aromatic rings. The molecule has 0 amide bonds. The van der Waals surface area contributed by atoms with E-state index in [1.54, 1.807) is 24.3 Å². The number of nitro benzene ring substituents is 2. The fourth-order valence-electron chi connectivity index (χ4n) is 1.73. The third-order valence-electron chi connectivity index (χ3n) is 2.79. The van der Waals surface area contributed by atoms with E-state index in [1.807, 2.05) is 6.92 Å². The van der Waals surface area contributed by atoms with E-state index < -0.39 is 27.0 Å². The van der Waals surface area contributed by atoms with E-state index >= 15 is 0 Å². The molecular formula is C13H10FN3O4. The standard InChI is InChI=1S/C13H10FN3O4/c1-8-2-4-9(5-3-8)15-11-6-10(14)12(16(18)19)7-13(11)17(20)21/h2-7,15H,1H3. The van der Waals surface area contributed by atoms with Gasteiger partial charge in [-0.2, -0.15) is 4.39 Å². The number of aryl methyl sites for hydroxylation is 1. The normalized spacial score (nSPS) is 10.2. The molecule has 0 saturated heterocycles. The maximum Gasteiger partial charge on any atom is 0.311 e. The van der Waals surface area contributed by atoms with Crippen molar-refractivity contribution >= 4 is 22.7 Å². The predicted octanol–water partition coefficient (Wildman–Crippen LogP) is 3.69. The minimum Gasteiger partial charge on any atom is -0.350 e. The monoisotopic (exact) mass is 291 g/mol. The third-order valence-corrected chi connectivity index (χ3v) is 2.79. The van der Waals surface area contributed by atoms with E-state index in [9.17, 15) is 24.6 Å². The first kappa shape index (κ1) is 14.4. The van der Waals surface area contributed by atoms with Crippen LogP contribution in [-0.4, -0.2) is 9.85 Å². The van der Waals surface area contributed by atoms with E-state index in [4.69, 9.17) is 0 Å². The highest BCUT2D eigenvalue weighted by atomic mass is 19.1. The van der Waals surface area contributed by atoms with Crippen LogP contribution in [0.1, 0.15) is 5.56 Å². The van der Waals surface area contributed by atoms with Gasteiger partial charge in [0.2, 0.25) is 5.82 Å². The Balaban J connectivity index is 2.47. The molecule has 0 bridgehead atoms. The molecule has 0 saturated carbocycles. The molecule has 7 nitrogen and oxygen atoms in total. The summed E-state index contributed by atoms with van der Waals surface area (Å²) in [5.74, 6) is -1.14. The highest BCUT2D eigenvalue weighted by Gasteiger charge is 2.24. The highest BCUT2D eigenvalue weighted by Crippen LogP contribution is 2.33. The number of benzene rings is 2. The second kappa shape index (κ2) is 5.53. The van der Waals surface area contributed by atoms with Crippen molar-refractivity contribution < 1.29 is 14.2 Å². The van der Waals surface area contributed by atoms with Gasteiger partial charge < -0.3 is 5.32 Å². The van der Waals surface area contributed by atoms with Gasteiger partial charge in [-0.15, -0.1) is 0 Å². The summed E-state index contributed by atoms with van der Waals surface area (Å²) in [6.07, 6.45) is 0. The zero-order valence-corrected chi connectivity index (χ0v) is 10.9. The number of nitrogens with zero attached hydrogens (tertiary/aromatic N) is 2. The van der Waals surface area contributed by atoms with E-state index in [0.29, 0.717) is 11.8 Å². The lowest BCUT2D eigenvalue weighted by molar-refractivity contribution is -0.395. The van der Waals surface area contributed by atoms with Crippen molar-refractivity contribution in [3.05, 3.63) is 68.0 Å². The van der Waals surface area contributed by atoms with Gasteiger partial charge in [-0.3, -0.25) is 20.2 Å². The van der Waals surface area contributed by atoms with E-state index in [2.05, 4.69) is 5.32 Å². The SMILES string of the molecule is Cc1ccc(Nc2cc(F)c([N+](=O)[O-])cc2[N+](=O)[O-])cc1. The molecule has 2 aromatic carbocycles. The molecule has 2 rings (SSSR count). The molecule has 0 unspecified atom stereocenters. The molecule has 8 heteroatoms. The average Bonchev–Trinajstić information content (AvgIpc) is 2.40. The van der Waals surface area contributed by atoms with Gasteiger partial charge >= 0.3 is 5.69 Å². The second-order valence-corrected chi connectivity index (χ2v) is 4.33. The van der Waals surface area contributed by atoms with E-state index in [-0.39, 0.29) is 5.69 Å². The quantitative estimate of drug-likeness (QED) is 0.684. The maximum absolute atomic E-state index is 13.6. The van der Waals surface area contributed by atoms with Crippen molar-refractivity contribution in [1.82, 2.24) is 0 Å². The Morgan fingerprint density at radius 3 is 2.10 bits per heavy atom. The van der Waals surface area contributed by atoms with Crippen LogP contribution in [-0.2, 0) is 0 Å². The topological polar surface area (TPSA) is 98.3 Å². The summed E-state index contributed by atoms with van der Waals surface area (Å²) in [6, 6.07) is 8.23. The Labute approximate surface area is 118 Å². The molecule has 0 spiro atoms. The van der Waals surface area contributed by atoms with Gasteiger partial charge in [0.05, 0.1) is 15.9 Å². The fourth-order valence-corrected chi connectivity index (χ4v) is 1.73. The summed E-state index contributed by atoms with van der Waals surface area (Å²) in [4.78, 5) is 19.8. The van der Waals surface area contributed by atoms with E-state index in [1.165, 1.54) is 0 Å². The number of hydrogen-bond acceptors (Lipinski definition) is 5. The van der Waals surface area contributed by atoms with Gasteiger partial charge in [0.1, 0.15) is 5.69 Å². The number of hydrogen-bond donors (Lipinski definition) is 1. The van der Waals surface area contributed by atoms with Crippen molar-refractivity contribution in [2.24, 2.45) is 0 Å². The first-order valence-corrected chi connectivity index (χ1v) is 5.84. The Bertz CT molecular complexity index is 716. The Kier molecular flexibility index (Phi) is 3.79. The number of nitro groups is 2. The number of halogens is 1. The number of anilines is 2. The van der Waals surface area contributed by atoms with Crippen LogP contribution in [0.15, 0.2) is 36.4 Å². The van der Waals surface area contributed by atoms with Gasteiger partial charge in [0.15, 0.2) is 0 Å². The van der Waals surface area contributed by atoms with E-state index in [0.717, 1.165) is 11.6 Å². The van der Waals surface area contributed by atoms with Crippen LogP contribution in [0, 0.1) is 33.0 Å². The summed E-state index contributed by atoms with van der Waals surface area (Å²) in [6.45, 7) is 1.87. The summed E-state index contributed by atoms with van der Waals surface area (Å²) in [5, 5.41) is 24.3. The van der Waals surface area contributed by atoms with Crippen LogP contribution in [0.5, 0.6) is 0 Å². The molecule has 21 heavy (non-hydrogen) atoms. The highest BCUT2D eigenvalue weighted by molar-refractivity contribution is 5.72. The summed E-state index contributed by atoms with van der Waals surface area (Å²) in [7, 11) is 0. The number of rotatable bonds is 4. The summed E-state index contributed by atoms with van der Waals surface area (Å²) < 4.78 is 13.6. The Hall–Kier alpha value is -3.03. The van der Waals surface area contributed by atoms with Crippen LogP contribution in [0.3, 0.4) is 0 Å². The first-order chi connectivity index (χ1) is 9.88. The lowest BCUT2D eigenvalue weighted by Crippen LogP contribution is -2.01. The van der Waals surface area contributed by atoms with Crippen LogP contribution >= 0.6 is 0 Å². The molecule has 0 aliphatic carbocycles. The zero-order valence-electron chi connectivity index (χ0n) is 10.9. The molecular weight excluding hydrogens is 281 g/mol. The Morgan fingerprint density at radius 1 is 1.00 bits per heavy atom. The lowest BCUT2D eigenvalue weighted by Gasteiger charge is -2.07. The molecule has 0 atom stereocenters. The van der Waals surface area contributed by atoms with Crippen LogP contribution < -0.4 is 5.32 Å². The number of nitrogens with one attached hydrogen (secondary N) is 1. The van der Waals surface area contributed by atoms with Gasteiger partial charge in [-0.05, 0) is 19.1 Å². The maximum atomic E-state index is 13.6. The molecule has 0 heterocycles.